The third-order valence-corrected chi connectivity index (χ3v) is 4.55. The molecular weight excluding hydrogens is 328 g/mol. The number of hydrogen-bond donors (Lipinski definition) is 1. The lowest BCUT2D eigenvalue weighted by atomic mass is 10.0. The monoisotopic (exact) mass is 344 g/mol. The summed E-state index contributed by atoms with van der Waals surface area (Å²) in [6, 6.07) is 8.22. The van der Waals surface area contributed by atoms with Crippen LogP contribution in [0.15, 0.2) is 43.0 Å². The van der Waals surface area contributed by atoms with E-state index in [0.717, 1.165) is 39.2 Å². The second-order valence-electron chi connectivity index (χ2n) is 6.33. The van der Waals surface area contributed by atoms with Crippen molar-refractivity contribution in [1.29, 1.82) is 0 Å². The second-order valence-corrected chi connectivity index (χ2v) is 6.33. The number of ether oxygens (including phenoxy) is 1. The van der Waals surface area contributed by atoms with Crippen LogP contribution < -0.4 is 10.1 Å². The van der Waals surface area contributed by atoms with E-state index < -0.39 is 0 Å². The molecule has 5 rings (SSSR count). The summed E-state index contributed by atoms with van der Waals surface area (Å²) in [5, 5.41) is 4.45. The fraction of sp³-hybridized carbons (Fsp3) is 0.158. The van der Waals surface area contributed by atoms with E-state index >= 15 is 0 Å². The van der Waals surface area contributed by atoms with Gasteiger partial charge in [0.05, 0.1) is 5.39 Å². The van der Waals surface area contributed by atoms with Crippen molar-refractivity contribution in [3.05, 3.63) is 54.2 Å². The third-order valence-electron chi connectivity index (χ3n) is 4.55. The summed E-state index contributed by atoms with van der Waals surface area (Å²) in [5.41, 5.74) is 5.18. The predicted octanol–water partition coefficient (Wildman–Crippen LogP) is 3.45. The number of aromatic nitrogens is 5. The summed E-state index contributed by atoms with van der Waals surface area (Å²) in [6.07, 6.45) is 5.38. The summed E-state index contributed by atoms with van der Waals surface area (Å²) in [6.45, 7) is 2.57. The first kappa shape index (κ1) is 14.8. The van der Waals surface area contributed by atoms with E-state index in [9.17, 15) is 0 Å². The van der Waals surface area contributed by atoms with Crippen molar-refractivity contribution in [2.75, 3.05) is 5.32 Å². The molecule has 0 saturated heterocycles. The van der Waals surface area contributed by atoms with E-state index in [1.165, 1.54) is 0 Å². The van der Waals surface area contributed by atoms with Gasteiger partial charge in [-0.05, 0) is 36.2 Å². The van der Waals surface area contributed by atoms with Gasteiger partial charge >= 0.3 is 6.01 Å². The molecule has 1 N–H and O–H groups in total. The standard InChI is InChI=1S/C19H16N6O/c1-11-5-6-20-19(24-11)26-13-3-4-14-12(7-13)8-21-17-16-15(14)9-25(2)18(16)23-10-22-17/h3-7,9-10H,8H2,1-2H3,(H,21,22,23). The number of rotatable bonds is 2. The van der Waals surface area contributed by atoms with Gasteiger partial charge in [0.1, 0.15) is 23.5 Å². The molecule has 7 heteroatoms. The molecule has 0 aliphatic carbocycles. The minimum absolute atomic E-state index is 0.350. The van der Waals surface area contributed by atoms with Crippen LogP contribution in [0.4, 0.5) is 5.82 Å². The van der Waals surface area contributed by atoms with E-state index in [0.29, 0.717) is 18.3 Å². The van der Waals surface area contributed by atoms with Crippen molar-refractivity contribution in [2.45, 2.75) is 13.5 Å². The SMILES string of the molecule is Cc1ccnc(Oc2ccc3c(c2)CNc2ncnc4c2c-3cn4C)n1. The van der Waals surface area contributed by atoms with Crippen LogP contribution in [0.25, 0.3) is 22.2 Å². The van der Waals surface area contributed by atoms with E-state index in [2.05, 4.69) is 37.5 Å². The minimum Gasteiger partial charge on any atom is -0.424 e. The van der Waals surface area contributed by atoms with Gasteiger partial charge in [-0.15, -0.1) is 0 Å². The zero-order chi connectivity index (χ0) is 17.7. The first-order chi connectivity index (χ1) is 12.7. The molecule has 4 aromatic rings. The first-order valence-corrected chi connectivity index (χ1v) is 8.34. The Morgan fingerprint density at radius 2 is 2.04 bits per heavy atom. The maximum Gasteiger partial charge on any atom is 0.322 e. The highest BCUT2D eigenvalue weighted by Crippen LogP contribution is 2.39. The molecule has 0 bridgehead atoms. The largest absolute Gasteiger partial charge is 0.424 e. The Bertz CT molecular complexity index is 1150. The summed E-state index contributed by atoms with van der Waals surface area (Å²) in [4.78, 5) is 17.3. The average molecular weight is 344 g/mol. The maximum absolute atomic E-state index is 5.84. The zero-order valence-electron chi connectivity index (χ0n) is 14.4. The van der Waals surface area contributed by atoms with Crippen LogP contribution in [0, 0.1) is 6.92 Å². The second kappa shape index (κ2) is 5.52. The van der Waals surface area contributed by atoms with Crippen LogP contribution in [0.3, 0.4) is 0 Å². The quantitative estimate of drug-likeness (QED) is 0.600. The Hall–Kier alpha value is -3.48. The lowest BCUT2D eigenvalue weighted by Crippen LogP contribution is -2.02. The van der Waals surface area contributed by atoms with Crippen LogP contribution in [-0.4, -0.2) is 24.5 Å². The van der Waals surface area contributed by atoms with E-state index in [1.807, 2.05) is 36.7 Å². The lowest BCUT2D eigenvalue weighted by molar-refractivity contribution is 0.440. The number of benzene rings is 1. The van der Waals surface area contributed by atoms with Crippen LogP contribution >= 0.6 is 0 Å². The molecule has 0 amide bonds. The highest BCUT2D eigenvalue weighted by atomic mass is 16.5. The summed E-state index contributed by atoms with van der Waals surface area (Å²) < 4.78 is 7.86. The molecule has 3 aromatic heterocycles. The summed E-state index contributed by atoms with van der Waals surface area (Å²) in [7, 11) is 2.00. The maximum atomic E-state index is 5.84. The first-order valence-electron chi connectivity index (χ1n) is 8.34. The molecule has 0 unspecified atom stereocenters. The van der Waals surface area contributed by atoms with Crippen LogP contribution in [0.2, 0.25) is 0 Å². The van der Waals surface area contributed by atoms with E-state index in [1.54, 1.807) is 12.5 Å². The number of anilines is 1. The molecule has 1 aliphatic rings. The fourth-order valence-electron chi connectivity index (χ4n) is 3.35. The Morgan fingerprint density at radius 1 is 1.12 bits per heavy atom. The van der Waals surface area contributed by atoms with Gasteiger partial charge in [0.2, 0.25) is 0 Å². The molecule has 0 spiro atoms. The van der Waals surface area contributed by atoms with Crippen molar-refractivity contribution in [3.63, 3.8) is 0 Å². The van der Waals surface area contributed by atoms with Crippen molar-refractivity contribution >= 4 is 16.9 Å². The van der Waals surface area contributed by atoms with Gasteiger partial charge in [-0.1, -0.05) is 6.07 Å². The van der Waals surface area contributed by atoms with Crippen molar-refractivity contribution < 1.29 is 4.74 Å². The molecule has 7 nitrogen and oxygen atoms in total. The van der Waals surface area contributed by atoms with Gasteiger partial charge in [-0.2, -0.15) is 0 Å². The molecule has 0 atom stereocenters. The lowest BCUT2D eigenvalue weighted by Gasteiger charge is -2.10. The van der Waals surface area contributed by atoms with Crippen molar-refractivity contribution in [3.8, 4) is 22.9 Å². The molecule has 26 heavy (non-hydrogen) atoms. The third kappa shape index (κ3) is 2.28. The van der Waals surface area contributed by atoms with Gasteiger partial charge in [0.15, 0.2) is 0 Å². The smallest absolute Gasteiger partial charge is 0.322 e. The highest BCUT2D eigenvalue weighted by Gasteiger charge is 2.21. The number of aryl methyl sites for hydroxylation is 2. The topological polar surface area (TPSA) is 77.8 Å². The molecule has 0 radical (unpaired) electrons. The van der Waals surface area contributed by atoms with Crippen LogP contribution in [0.1, 0.15) is 11.3 Å². The molecule has 1 aromatic carbocycles. The Morgan fingerprint density at radius 3 is 2.92 bits per heavy atom. The molecule has 0 saturated carbocycles. The van der Waals surface area contributed by atoms with Crippen molar-refractivity contribution in [1.82, 2.24) is 24.5 Å². The Labute approximate surface area is 149 Å². The van der Waals surface area contributed by atoms with E-state index in [-0.39, 0.29) is 0 Å². The van der Waals surface area contributed by atoms with Gasteiger partial charge < -0.3 is 14.6 Å². The molecule has 4 heterocycles. The minimum atomic E-state index is 0.350. The molecule has 128 valence electrons. The molecular formula is C19H16N6O. The van der Waals surface area contributed by atoms with E-state index in [4.69, 9.17) is 4.74 Å². The average Bonchev–Trinajstić information content (AvgIpc) is 2.89. The zero-order valence-corrected chi connectivity index (χ0v) is 14.4. The Kier molecular flexibility index (Phi) is 3.15. The van der Waals surface area contributed by atoms with Crippen LogP contribution in [0.5, 0.6) is 11.8 Å². The van der Waals surface area contributed by atoms with Crippen LogP contribution in [-0.2, 0) is 13.6 Å². The number of nitrogens with one attached hydrogen (secondary N) is 1. The van der Waals surface area contributed by atoms with Crippen molar-refractivity contribution in [2.24, 2.45) is 7.05 Å². The van der Waals surface area contributed by atoms with Gasteiger partial charge in [0, 0.05) is 37.2 Å². The number of hydrogen-bond acceptors (Lipinski definition) is 6. The summed E-state index contributed by atoms with van der Waals surface area (Å²) in [5.74, 6) is 1.56. The fourth-order valence-corrected chi connectivity index (χ4v) is 3.35. The summed E-state index contributed by atoms with van der Waals surface area (Å²) >= 11 is 0. The number of fused-ring (bicyclic) bond motifs is 2. The number of nitrogens with zero attached hydrogens (tertiary/aromatic N) is 5. The predicted molar refractivity (Wildman–Crippen MR) is 98.1 cm³/mol. The molecule has 0 fully saturated rings. The Balaban J connectivity index is 1.60. The normalized spacial score (nSPS) is 12.4. The molecule has 1 aliphatic heterocycles. The van der Waals surface area contributed by atoms with Gasteiger partial charge in [0.25, 0.3) is 0 Å². The van der Waals surface area contributed by atoms with Gasteiger partial charge in [-0.3, -0.25) is 0 Å². The van der Waals surface area contributed by atoms with Gasteiger partial charge in [-0.25, -0.2) is 19.9 Å². The highest BCUT2D eigenvalue weighted by molar-refractivity contribution is 6.02.